The molecule has 2 amide bonds. The van der Waals surface area contributed by atoms with Crippen LogP contribution in [0.1, 0.15) is 45.4 Å². The van der Waals surface area contributed by atoms with Crippen LogP contribution in [0.5, 0.6) is 0 Å². The number of nitrogens with one attached hydrogen (secondary N) is 2. The number of aliphatic hydroxyl groups is 1. The molecule has 2 fully saturated rings. The number of carbonyl (C=O) groups excluding carboxylic acids is 1. The van der Waals surface area contributed by atoms with Gasteiger partial charge in [0.1, 0.15) is 0 Å². The Labute approximate surface area is 121 Å². The lowest BCUT2D eigenvalue weighted by atomic mass is 9.60. The third-order valence-corrected chi connectivity index (χ3v) is 5.07. The molecule has 0 aromatic heterocycles. The number of hydrogen-bond acceptors (Lipinski definition) is 3. The van der Waals surface area contributed by atoms with E-state index in [0.29, 0.717) is 19.0 Å². The molecule has 3 N–H and O–H groups in total. The quantitative estimate of drug-likeness (QED) is 0.666. The number of urea groups is 1. The maximum atomic E-state index is 11.8. The van der Waals surface area contributed by atoms with Crippen LogP contribution in [0.2, 0.25) is 0 Å². The molecule has 1 aliphatic carbocycles. The highest BCUT2D eigenvalue weighted by Gasteiger charge is 2.41. The highest BCUT2D eigenvalue weighted by atomic mass is 16.5. The normalized spacial score (nSPS) is 25.8. The van der Waals surface area contributed by atoms with Gasteiger partial charge in [-0.15, -0.1) is 0 Å². The van der Waals surface area contributed by atoms with Gasteiger partial charge >= 0.3 is 6.03 Å². The minimum absolute atomic E-state index is 0.0945. The van der Waals surface area contributed by atoms with Crippen LogP contribution < -0.4 is 10.6 Å². The van der Waals surface area contributed by atoms with Gasteiger partial charge < -0.3 is 20.5 Å². The smallest absolute Gasteiger partial charge is 0.314 e. The molecule has 5 nitrogen and oxygen atoms in total. The molecule has 2 rings (SSSR count). The molecule has 5 heteroatoms. The number of ether oxygens (including phenoxy) is 1. The molecule has 1 saturated carbocycles. The van der Waals surface area contributed by atoms with Gasteiger partial charge in [0.25, 0.3) is 0 Å². The van der Waals surface area contributed by atoms with E-state index >= 15 is 0 Å². The van der Waals surface area contributed by atoms with E-state index in [2.05, 4.69) is 17.6 Å². The Kier molecular flexibility index (Phi) is 5.66. The summed E-state index contributed by atoms with van der Waals surface area (Å²) in [5.74, 6) is 0.458. The van der Waals surface area contributed by atoms with Gasteiger partial charge in [-0.3, -0.25) is 0 Å². The SMILES string of the molecule is C[C@@H](CCO)C1(CNC(=O)NC[C@@H]2CCCO2)CCC1. The van der Waals surface area contributed by atoms with Crippen LogP contribution in [0.25, 0.3) is 0 Å². The van der Waals surface area contributed by atoms with E-state index in [0.717, 1.165) is 38.7 Å². The molecule has 1 heterocycles. The number of rotatable bonds is 7. The average molecular weight is 284 g/mol. The molecule has 1 aliphatic heterocycles. The lowest BCUT2D eigenvalue weighted by Gasteiger charge is -2.46. The first kappa shape index (κ1) is 15.6. The summed E-state index contributed by atoms with van der Waals surface area (Å²) in [6.45, 7) is 4.54. The predicted molar refractivity (Wildman–Crippen MR) is 77.5 cm³/mol. The number of aliphatic hydroxyl groups excluding tert-OH is 1. The Hall–Kier alpha value is -0.810. The third kappa shape index (κ3) is 3.85. The molecule has 116 valence electrons. The van der Waals surface area contributed by atoms with E-state index in [-0.39, 0.29) is 24.2 Å². The first-order valence-corrected chi connectivity index (χ1v) is 7.90. The average Bonchev–Trinajstić information content (AvgIpc) is 2.88. The van der Waals surface area contributed by atoms with Crippen LogP contribution in [0.3, 0.4) is 0 Å². The zero-order valence-electron chi connectivity index (χ0n) is 12.5. The van der Waals surface area contributed by atoms with Crippen LogP contribution in [0.4, 0.5) is 4.79 Å². The van der Waals surface area contributed by atoms with Crippen LogP contribution in [-0.2, 0) is 4.74 Å². The summed E-state index contributed by atoms with van der Waals surface area (Å²) >= 11 is 0. The van der Waals surface area contributed by atoms with Crippen molar-refractivity contribution < 1.29 is 14.6 Å². The van der Waals surface area contributed by atoms with Crippen molar-refractivity contribution in [2.24, 2.45) is 11.3 Å². The first-order valence-electron chi connectivity index (χ1n) is 7.90. The van der Waals surface area contributed by atoms with E-state index in [1.54, 1.807) is 0 Å². The van der Waals surface area contributed by atoms with Crippen LogP contribution >= 0.6 is 0 Å². The third-order valence-electron chi connectivity index (χ3n) is 5.07. The van der Waals surface area contributed by atoms with Gasteiger partial charge in [-0.1, -0.05) is 13.3 Å². The molecular weight excluding hydrogens is 256 g/mol. The van der Waals surface area contributed by atoms with Gasteiger partial charge in [-0.05, 0) is 43.4 Å². The van der Waals surface area contributed by atoms with E-state index in [1.807, 2.05) is 0 Å². The fraction of sp³-hybridized carbons (Fsp3) is 0.933. The highest BCUT2D eigenvalue weighted by molar-refractivity contribution is 5.73. The van der Waals surface area contributed by atoms with Crippen molar-refractivity contribution in [2.45, 2.75) is 51.6 Å². The second kappa shape index (κ2) is 7.27. The molecule has 20 heavy (non-hydrogen) atoms. The summed E-state index contributed by atoms with van der Waals surface area (Å²) in [6, 6.07) is -0.0945. The van der Waals surface area contributed by atoms with Crippen LogP contribution in [-0.4, -0.2) is 43.5 Å². The minimum Gasteiger partial charge on any atom is -0.396 e. The monoisotopic (exact) mass is 284 g/mol. The maximum absolute atomic E-state index is 11.8. The van der Waals surface area contributed by atoms with E-state index < -0.39 is 0 Å². The molecular formula is C15H28N2O3. The number of carbonyl (C=O) groups is 1. The van der Waals surface area contributed by atoms with Crippen molar-refractivity contribution in [3.63, 3.8) is 0 Å². The van der Waals surface area contributed by atoms with Crippen molar-refractivity contribution >= 4 is 6.03 Å². The maximum Gasteiger partial charge on any atom is 0.314 e. The van der Waals surface area contributed by atoms with Gasteiger partial charge in [0.15, 0.2) is 0 Å². The van der Waals surface area contributed by atoms with E-state index in [9.17, 15) is 4.79 Å². The zero-order valence-corrected chi connectivity index (χ0v) is 12.5. The molecule has 0 unspecified atom stereocenters. The fourth-order valence-corrected chi connectivity index (χ4v) is 3.31. The van der Waals surface area contributed by atoms with Gasteiger partial charge in [-0.2, -0.15) is 0 Å². The van der Waals surface area contributed by atoms with Crippen molar-refractivity contribution in [3.8, 4) is 0 Å². The van der Waals surface area contributed by atoms with Crippen molar-refractivity contribution in [1.82, 2.24) is 10.6 Å². The molecule has 0 aromatic rings. The zero-order chi connectivity index (χ0) is 14.4. The van der Waals surface area contributed by atoms with Gasteiger partial charge in [-0.25, -0.2) is 4.79 Å². The van der Waals surface area contributed by atoms with E-state index in [4.69, 9.17) is 9.84 Å². The summed E-state index contributed by atoms with van der Waals surface area (Å²) < 4.78 is 5.48. The summed E-state index contributed by atoms with van der Waals surface area (Å²) in [7, 11) is 0. The Balaban J connectivity index is 1.68. The summed E-state index contributed by atoms with van der Waals surface area (Å²) in [6.07, 6.45) is 6.67. The Morgan fingerprint density at radius 2 is 2.20 bits per heavy atom. The Morgan fingerprint density at radius 3 is 2.75 bits per heavy atom. The summed E-state index contributed by atoms with van der Waals surface area (Å²) in [4.78, 5) is 11.8. The van der Waals surface area contributed by atoms with Gasteiger partial charge in [0, 0.05) is 26.3 Å². The highest BCUT2D eigenvalue weighted by Crippen LogP contribution is 2.47. The van der Waals surface area contributed by atoms with Crippen LogP contribution in [0, 0.1) is 11.3 Å². The fourth-order valence-electron chi connectivity index (χ4n) is 3.31. The Morgan fingerprint density at radius 1 is 1.40 bits per heavy atom. The van der Waals surface area contributed by atoms with Crippen LogP contribution in [0.15, 0.2) is 0 Å². The van der Waals surface area contributed by atoms with Crippen molar-refractivity contribution in [3.05, 3.63) is 0 Å². The second-order valence-electron chi connectivity index (χ2n) is 6.33. The molecule has 0 aromatic carbocycles. The first-order chi connectivity index (χ1) is 9.66. The van der Waals surface area contributed by atoms with E-state index in [1.165, 1.54) is 6.42 Å². The summed E-state index contributed by atoms with van der Waals surface area (Å²) in [5, 5.41) is 15.0. The summed E-state index contributed by atoms with van der Waals surface area (Å²) in [5.41, 5.74) is 0.198. The lowest BCUT2D eigenvalue weighted by molar-refractivity contribution is 0.0454. The van der Waals surface area contributed by atoms with Crippen molar-refractivity contribution in [2.75, 3.05) is 26.3 Å². The topological polar surface area (TPSA) is 70.6 Å². The van der Waals surface area contributed by atoms with Gasteiger partial charge in [0.2, 0.25) is 0 Å². The molecule has 2 aliphatic rings. The number of amides is 2. The largest absolute Gasteiger partial charge is 0.396 e. The number of hydrogen-bond donors (Lipinski definition) is 3. The van der Waals surface area contributed by atoms with Crippen molar-refractivity contribution in [1.29, 1.82) is 0 Å². The minimum atomic E-state index is -0.0945. The molecule has 0 spiro atoms. The molecule has 0 bridgehead atoms. The molecule has 1 saturated heterocycles. The molecule has 2 atom stereocenters. The lowest BCUT2D eigenvalue weighted by Crippen LogP contribution is -2.49. The molecule has 0 radical (unpaired) electrons. The Bertz CT molecular complexity index is 312. The second-order valence-corrected chi connectivity index (χ2v) is 6.33. The predicted octanol–water partition coefficient (Wildman–Crippen LogP) is 1.65. The standard InChI is InChI=1S/C15H28N2O3/c1-12(5-8-18)15(6-3-7-15)11-17-14(19)16-10-13-4-2-9-20-13/h12-13,18H,2-11H2,1H3,(H2,16,17,19)/t12-,13-/m0/s1. The van der Waals surface area contributed by atoms with Gasteiger partial charge in [0.05, 0.1) is 6.10 Å².